The van der Waals surface area contributed by atoms with E-state index in [1.165, 1.54) is 0 Å². The third kappa shape index (κ3) is 0.667. The normalized spacial score (nSPS) is 13.8. The number of aromatic nitrogens is 2. The summed E-state index contributed by atoms with van der Waals surface area (Å²) in [5.41, 5.74) is 4.97. The van der Waals surface area contributed by atoms with E-state index in [2.05, 4.69) is 25.9 Å². The zero-order valence-corrected chi connectivity index (χ0v) is 4.46. The van der Waals surface area contributed by atoms with Crippen LogP contribution in [-0.2, 0) is 4.94 Å². The van der Waals surface area contributed by atoms with Gasteiger partial charge in [0.2, 0.25) is 0 Å². The van der Waals surface area contributed by atoms with Crippen molar-refractivity contribution in [2.75, 3.05) is 11.0 Å². The van der Waals surface area contributed by atoms with Gasteiger partial charge in [-0.1, -0.05) is 0 Å². The summed E-state index contributed by atoms with van der Waals surface area (Å²) in [7, 11) is 0. The number of rotatable bonds is 0. The lowest BCUT2D eigenvalue weighted by Gasteiger charge is -2.11. The Morgan fingerprint density at radius 3 is 3.22 bits per heavy atom. The molecular weight excluding hydrogens is 120 g/mol. The molecule has 5 nitrogen and oxygen atoms in total. The smallest absolute Gasteiger partial charge is 0.224 e. The molecule has 0 spiro atoms. The van der Waals surface area contributed by atoms with Crippen molar-refractivity contribution in [3.8, 4) is 0 Å². The Labute approximate surface area is 51.0 Å². The average molecular weight is 124 g/mol. The minimum absolute atomic E-state index is 0.478. The fourth-order valence-corrected chi connectivity index (χ4v) is 0.588. The molecule has 0 aliphatic carbocycles. The highest BCUT2D eigenvalue weighted by atomic mass is 16.8. The predicted octanol–water partition coefficient (Wildman–Crippen LogP) is 0.161. The molecule has 0 unspecified atom stereocenters. The van der Waals surface area contributed by atoms with Gasteiger partial charge in [-0.15, -0.1) is 0 Å². The quantitative estimate of drug-likeness (QED) is 0.516. The Morgan fingerprint density at radius 1 is 1.44 bits per heavy atom. The second-order valence-corrected chi connectivity index (χ2v) is 1.57. The highest BCUT2D eigenvalue weighted by Crippen LogP contribution is 2.09. The molecule has 1 aliphatic rings. The van der Waals surface area contributed by atoms with Gasteiger partial charge in [-0.2, -0.15) is 9.92 Å². The van der Waals surface area contributed by atoms with E-state index in [1.807, 2.05) is 0 Å². The van der Waals surface area contributed by atoms with Gasteiger partial charge in [-0.05, 0) is 0 Å². The van der Waals surface area contributed by atoms with Crippen molar-refractivity contribution in [1.82, 2.24) is 9.97 Å². The van der Waals surface area contributed by atoms with Gasteiger partial charge in [-0.25, -0.2) is 15.9 Å². The fourth-order valence-electron chi connectivity index (χ4n) is 0.588. The first-order valence-corrected chi connectivity index (χ1v) is 2.46. The Balaban J connectivity index is 2.53. The molecule has 9 heavy (non-hydrogen) atoms. The fraction of sp³-hybridized carbons (Fsp3) is 0. The maximum atomic E-state index is 4.62. The van der Waals surface area contributed by atoms with Gasteiger partial charge >= 0.3 is 0 Å². The summed E-state index contributed by atoms with van der Waals surface area (Å²) >= 11 is 0. The minimum Gasteiger partial charge on any atom is -0.224 e. The Kier molecular flexibility index (Phi) is 0.782. The molecule has 46 valence electrons. The van der Waals surface area contributed by atoms with E-state index in [0.717, 1.165) is 0 Å². The van der Waals surface area contributed by atoms with Crippen molar-refractivity contribution in [2.45, 2.75) is 0 Å². The van der Waals surface area contributed by atoms with Gasteiger partial charge < -0.3 is 0 Å². The maximum absolute atomic E-state index is 4.62. The molecule has 0 saturated heterocycles. The number of hydrogen-bond acceptors (Lipinski definition) is 5. The van der Waals surface area contributed by atoms with Crippen molar-refractivity contribution in [3.05, 3.63) is 12.3 Å². The summed E-state index contributed by atoms with van der Waals surface area (Å²) in [5.74, 6) is 1.14. The van der Waals surface area contributed by atoms with Crippen LogP contribution in [0.1, 0.15) is 0 Å². The molecule has 0 atom stereocenters. The average Bonchev–Trinajstić information content (AvgIpc) is 1.88. The van der Waals surface area contributed by atoms with Crippen LogP contribution in [0.5, 0.6) is 0 Å². The molecule has 0 saturated carbocycles. The number of anilines is 2. The Hall–Kier alpha value is -1.36. The topological polar surface area (TPSA) is 59.1 Å². The van der Waals surface area contributed by atoms with Crippen LogP contribution in [0.2, 0.25) is 0 Å². The van der Waals surface area contributed by atoms with Crippen molar-refractivity contribution in [2.24, 2.45) is 0 Å². The Morgan fingerprint density at radius 2 is 2.44 bits per heavy atom. The first kappa shape index (κ1) is 4.51. The van der Waals surface area contributed by atoms with Crippen molar-refractivity contribution in [1.29, 1.82) is 0 Å². The number of nitrogens with zero attached hydrogens (tertiary/aromatic N) is 2. The number of nitrogens with one attached hydrogen (secondary N) is 2. The number of hydrogen-bond donors (Lipinski definition) is 2. The van der Waals surface area contributed by atoms with Crippen molar-refractivity contribution >= 4 is 11.8 Å². The lowest BCUT2D eigenvalue weighted by molar-refractivity contribution is 0.250. The molecule has 2 heterocycles. The van der Waals surface area contributed by atoms with E-state index in [4.69, 9.17) is 0 Å². The van der Waals surface area contributed by atoms with Gasteiger partial charge in [0.15, 0.2) is 5.82 Å². The third-order valence-electron chi connectivity index (χ3n) is 0.953. The molecule has 5 heteroatoms. The summed E-state index contributed by atoms with van der Waals surface area (Å²) in [4.78, 5) is 12.4. The van der Waals surface area contributed by atoms with Crippen LogP contribution < -0.4 is 11.0 Å². The van der Waals surface area contributed by atoms with Gasteiger partial charge in [-0.3, -0.25) is 0 Å². The lowest BCUT2D eigenvalue weighted by Crippen LogP contribution is -2.16. The summed E-state index contributed by atoms with van der Waals surface area (Å²) < 4.78 is 0. The molecule has 0 radical (unpaired) electrons. The molecule has 2 N–H and O–H groups in total. The highest BCUT2D eigenvalue weighted by molar-refractivity contribution is 5.39. The summed E-state index contributed by atoms with van der Waals surface area (Å²) in [5, 5.41) is 0. The second-order valence-electron chi connectivity index (χ2n) is 1.57. The van der Waals surface area contributed by atoms with Crippen molar-refractivity contribution in [3.63, 3.8) is 0 Å². The largest absolute Gasteiger partial charge is 0.251 e. The van der Waals surface area contributed by atoms with E-state index in [0.29, 0.717) is 11.8 Å². The van der Waals surface area contributed by atoms with E-state index in [1.54, 1.807) is 12.3 Å². The van der Waals surface area contributed by atoms with E-state index in [-0.39, 0.29) is 0 Å². The molecule has 2 rings (SSSR count). The van der Waals surface area contributed by atoms with Gasteiger partial charge in [0, 0.05) is 12.3 Å². The SMILES string of the molecule is c1cc2nc(n1)NON2. The Bertz CT molecular complexity index is 206. The lowest BCUT2D eigenvalue weighted by atomic mass is 10.6. The van der Waals surface area contributed by atoms with E-state index >= 15 is 0 Å². The summed E-state index contributed by atoms with van der Waals surface area (Å²) in [6, 6.07) is 1.71. The van der Waals surface area contributed by atoms with Gasteiger partial charge in [0.05, 0.1) is 0 Å². The first-order valence-electron chi connectivity index (χ1n) is 2.46. The molecule has 0 aromatic carbocycles. The van der Waals surface area contributed by atoms with Crippen LogP contribution in [0.4, 0.5) is 11.8 Å². The van der Waals surface area contributed by atoms with Crippen LogP contribution in [0.25, 0.3) is 0 Å². The van der Waals surface area contributed by atoms with Crippen LogP contribution in [-0.4, -0.2) is 9.97 Å². The van der Waals surface area contributed by atoms with Crippen LogP contribution >= 0.6 is 0 Å². The monoisotopic (exact) mass is 124 g/mol. The molecule has 2 bridgehead atoms. The predicted molar refractivity (Wildman–Crippen MR) is 30.4 cm³/mol. The maximum Gasteiger partial charge on any atom is 0.251 e. The molecule has 1 aliphatic heterocycles. The van der Waals surface area contributed by atoms with E-state index < -0.39 is 0 Å². The molecule has 1 aromatic rings. The summed E-state index contributed by atoms with van der Waals surface area (Å²) in [6.07, 6.45) is 1.64. The molecule has 1 aromatic heterocycles. The molecular formula is C4H4N4O. The van der Waals surface area contributed by atoms with Gasteiger partial charge in [0.1, 0.15) is 0 Å². The number of fused-ring (bicyclic) bond motifs is 2. The third-order valence-corrected chi connectivity index (χ3v) is 0.953. The van der Waals surface area contributed by atoms with Crippen LogP contribution in [0, 0.1) is 0 Å². The molecule has 0 amide bonds. The van der Waals surface area contributed by atoms with Crippen molar-refractivity contribution < 1.29 is 4.94 Å². The summed E-state index contributed by atoms with van der Waals surface area (Å²) in [6.45, 7) is 0. The minimum atomic E-state index is 0.478. The zero-order valence-electron chi connectivity index (χ0n) is 4.46. The van der Waals surface area contributed by atoms with Crippen LogP contribution in [0.15, 0.2) is 12.3 Å². The van der Waals surface area contributed by atoms with Crippen LogP contribution in [0.3, 0.4) is 0 Å². The standard InChI is InChI=1S/C4H4N4O/c1-2-5-4-6-3(1)7-9-8-4/h1-2H,(H2,5,6,7,8). The molecule has 0 fully saturated rings. The first-order chi connectivity index (χ1) is 4.45. The second kappa shape index (κ2) is 1.56. The van der Waals surface area contributed by atoms with Gasteiger partial charge in [0.25, 0.3) is 5.95 Å². The van der Waals surface area contributed by atoms with E-state index in [9.17, 15) is 0 Å². The zero-order chi connectivity index (χ0) is 6.10. The highest BCUT2D eigenvalue weighted by Gasteiger charge is 2.03.